The zero-order chi connectivity index (χ0) is 36.1. The summed E-state index contributed by atoms with van der Waals surface area (Å²) in [5.41, 5.74) is 7.62. The summed E-state index contributed by atoms with van der Waals surface area (Å²) in [7, 11) is 0. The minimum atomic E-state index is 0.343. The number of rotatable bonds is 15. The van der Waals surface area contributed by atoms with Crippen LogP contribution in [-0.2, 0) is 0 Å². The molecule has 0 radical (unpaired) electrons. The topological polar surface area (TPSA) is 6.48 Å². The molecule has 0 spiro atoms. The van der Waals surface area contributed by atoms with Crippen molar-refractivity contribution in [3.8, 4) is 0 Å². The molecule has 2 aromatic carbocycles. The predicted octanol–water partition coefficient (Wildman–Crippen LogP) is 11.8. The molecular formula is C48H58N2. The van der Waals surface area contributed by atoms with E-state index in [2.05, 4.69) is 216 Å². The SMILES string of the molecule is C=C(/C=C\C(=C)N(C/C=c1/cccc/c1=C/CC)C(/C=C\C)=C/CC)/C(C)=C/C=C(\CC)N(C1=C/C/C=C\C=C/C(C)/C=C\1)c1ccccc1. The van der Waals surface area contributed by atoms with Gasteiger partial charge in [-0.05, 0) is 103 Å². The molecule has 260 valence electrons. The van der Waals surface area contributed by atoms with E-state index in [1.54, 1.807) is 0 Å². The third kappa shape index (κ3) is 12.4. The molecule has 2 heteroatoms. The second kappa shape index (κ2) is 21.8. The lowest BCUT2D eigenvalue weighted by Gasteiger charge is -2.29. The lowest BCUT2D eigenvalue weighted by Crippen LogP contribution is -2.27. The van der Waals surface area contributed by atoms with Gasteiger partial charge in [0.15, 0.2) is 0 Å². The first-order chi connectivity index (χ1) is 24.3. The fraction of sp³-hybridized carbons (Fsp3) is 0.250. The Bertz CT molecular complexity index is 1820. The Balaban J connectivity index is 1.94. The molecule has 0 aliphatic heterocycles. The molecule has 3 rings (SSSR count). The highest BCUT2D eigenvalue weighted by atomic mass is 15.2. The summed E-state index contributed by atoms with van der Waals surface area (Å²) >= 11 is 0. The second-order valence-electron chi connectivity index (χ2n) is 12.4. The van der Waals surface area contributed by atoms with Gasteiger partial charge in [-0.15, -0.1) is 0 Å². The molecule has 50 heavy (non-hydrogen) atoms. The van der Waals surface area contributed by atoms with Crippen LogP contribution in [0.2, 0.25) is 0 Å². The second-order valence-corrected chi connectivity index (χ2v) is 12.4. The first-order valence-corrected chi connectivity index (χ1v) is 18.2. The van der Waals surface area contributed by atoms with Crippen LogP contribution >= 0.6 is 0 Å². The smallest absolute Gasteiger partial charge is 0.0458 e. The van der Waals surface area contributed by atoms with Gasteiger partial charge < -0.3 is 9.80 Å². The van der Waals surface area contributed by atoms with Crippen molar-refractivity contribution >= 4 is 17.8 Å². The van der Waals surface area contributed by atoms with E-state index < -0.39 is 0 Å². The van der Waals surface area contributed by atoms with Crippen LogP contribution in [0.15, 0.2) is 187 Å². The van der Waals surface area contributed by atoms with Crippen LogP contribution in [0.1, 0.15) is 67.2 Å². The van der Waals surface area contributed by atoms with Gasteiger partial charge in [0, 0.05) is 35.0 Å². The Morgan fingerprint density at radius 2 is 1.56 bits per heavy atom. The fourth-order valence-corrected chi connectivity index (χ4v) is 5.62. The van der Waals surface area contributed by atoms with E-state index in [1.807, 2.05) is 0 Å². The third-order valence-corrected chi connectivity index (χ3v) is 8.45. The maximum absolute atomic E-state index is 4.51. The van der Waals surface area contributed by atoms with Crippen molar-refractivity contribution in [3.05, 3.63) is 197 Å². The summed E-state index contributed by atoms with van der Waals surface area (Å²) in [5, 5.41) is 2.50. The van der Waals surface area contributed by atoms with E-state index in [0.717, 1.165) is 53.9 Å². The summed E-state index contributed by atoms with van der Waals surface area (Å²) in [6.07, 6.45) is 38.9. The van der Waals surface area contributed by atoms with Crippen LogP contribution in [0.5, 0.6) is 0 Å². The van der Waals surface area contributed by atoms with E-state index >= 15 is 0 Å². The average molecular weight is 663 g/mol. The molecular weight excluding hydrogens is 605 g/mol. The van der Waals surface area contributed by atoms with Crippen LogP contribution in [-0.4, -0.2) is 11.4 Å². The minimum Gasteiger partial charge on any atom is -0.338 e. The van der Waals surface area contributed by atoms with E-state index in [-0.39, 0.29) is 0 Å². The average Bonchev–Trinajstić information content (AvgIpc) is 3.13. The lowest BCUT2D eigenvalue weighted by molar-refractivity contribution is 0.514. The van der Waals surface area contributed by atoms with Gasteiger partial charge in [-0.25, -0.2) is 0 Å². The molecule has 1 unspecified atom stereocenters. The number of hydrogen-bond acceptors (Lipinski definition) is 2. The first kappa shape index (κ1) is 39.4. The molecule has 0 aromatic heterocycles. The molecule has 0 N–H and O–H groups in total. The van der Waals surface area contributed by atoms with Gasteiger partial charge in [0.2, 0.25) is 0 Å². The molecule has 0 heterocycles. The highest BCUT2D eigenvalue weighted by molar-refractivity contribution is 5.61. The summed E-state index contributed by atoms with van der Waals surface area (Å²) in [6.45, 7) is 22.6. The fourth-order valence-electron chi connectivity index (χ4n) is 5.62. The zero-order valence-corrected chi connectivity index (χ0v) is 31.4. The van der Waals surface area contributed by atoms with Gasteiger partial charge in [0.05, 0.1) is 0 Å². The van der Waals surface area contributed by atoms with Crippen molar-refractivity contribution in [3.63, 3.8) is 0 Å². The molecule has 2 nitrogen and oxygen atoms in total. The normalized spacial score (nSPS) is 19.7. The molecule has 0 saturated carbocycles. The molecule has 0 saturated heterocycles. The third-order valence-electron chi connectivity index (χ3n) is 8.45. The summed E-state index contributed by atoms with van der Waals surface area (Å²) < 4.78 is 0. The number of benzene rings is 2. The summed E-state index contributed by atoms with van der Waals surface area (Å²) in [5.74, 6) is 0.343. The molecule has 0 amide bonds. The van der Waals surface area contributed by atoms with Gasteiger partial charge >= 0.3 is 0 Å². The predicted molar refractivity (Wildman–Crippen MR) is 223 cm³/mol. The number of allylic oxidation sites excluding steroid dienone is 17. The van der Waals surface area contributed by atoms with Crippen LogP contribution in [0.4, 0.5) is 5.69 Å². The quantitative estimate of drug-likeness (QED) is 0.175. The van der Waals surface area contributed by atoms with Gasteiger partial charge in [-0.3, -0.25) is 0 Å². The zero-order valence-electron chi connectivity index (χ0n) is 31.4. The highest BCUT2D eigenvalue weighted by Crippen LogP contribution is 2.28. The van der Waals surface area contributed by atoms with Gasteiger partial charge in [-0.1, -0.05) is 156 Å². The van der Waals surface area contributed by atoms with Crippen molar-refractivity contribution in [1.29, 1.82) is 0 Å². The van der Waals surface area contributed by atoms with E-state index in [1.165, 1.54) is 21.8 Å². The standard InChI is InChI=1S/C48H58N2/c1-9-22-43-26-20-21-27-44(43)37-38-49(46(23-10-2)24-11-3)42(8)34-32-40(6)41(7)33-36-45(12-4)50(47-28-18-15-19-29-47)48-30-17-14-13-16-25-39(5)31-35-48/h10,13-16,18-37,39H,6,8-9,11-12,17,38H2,1-5,7H3/b14-13-,23-10-,25-16-,34-32-,35-31-,41-33+,43-22-,44-37-,45-36+,46-24+,48-30+. The molecule has 0 fully saturated rings. The number of anilines is 1. The Hall–Kier alpha value is -5.08. The lowest BCUT2D eigenvalue weighted by atomic mass is 10.1. The van der Waals surface area contributed by atoms with Crippen molar-refractivity contribution in [2.45, 2.75) is 67.2 Å². The van der Waals surface area contributed by atoms with Crippen LogP contribution < -0.4 is 15.3 Å². The van der Waals surface area contributed by atoms with Gasteiger partial charge in [-0.2, -0.15) is 0 Å². The van der Waals surface area contributed by atoms with Crippen LogP contribution in [0.3, 0.4) is 0 Å². The molecule has 1 aliphatic rings. The summed E-state index contributed by atoms with van der Waals surface area (Å²) in [6, 6.07) is 19.2. The van der Waals surface area contributed by atoms with Crippen molar-refractivity contribution in [2.75, 3.05) is 11.4 Å². The Kier molecular flexibility index (Phi) is 17.2. The van der Waals surface area contributed by atoms with Crippen molar-refractivity contribution < 1.29 is 0 Å². The maximum Gasteiger partial charge on any atom is 0.0458 e. The number of para-hydroxylation sites is 1. The molecule has 2 aromatic rings. The van der Waals surface area contributed by atoms with Crippen molar-refractivity contribution in [1.82, 2.24) is 4.90 Å². The van der Waals surface area contributed by atoms with E-state index in [0.29, 0.717) is 12.5 Å². The van der Waals surface area contributed by atoms with Crippen molar-refractivity contribution in [2.24, 2.45) is 5.92 Å². The van der Waals surface area contributed by atoms with Crippen LogP contribution in [0, 0.1) is 5.92 Å². The number of nitrogens with zero attached hydrogens (tertiary/aromatic N) is 2. The number of hydrogen-bond donors (Lipinski definition) is 0. The van der Waals surface area contributed by atoms with E-state index in [4.69, 9.17) is 0 Å². The largest absolute Gasteiger partial charge is 0.338 e. The Morgan fingerprint density at radius 1 is 0.840 bits per heavy atom. The van der Waals surface area contributed by atoms with Gasteiger partial charge in [0.25, 0.3) is 0 Å². The maximum atomic E-state index is 4.51. The Morgan fingerprint density at radius 3 is 2.24 bits per heavy atom. The minimum absolute atomic E-state index is 0.343. The monoisotopic (exact) mass is 662 g/mol. The molecule has 0 bridgehead atoms. The molecule has 1 aliphatic carbocycles. The van der Waals surface area contributed by atoms with Gasteiger partial charge in [0.1, 0.15) is 0 Å². The van der Waals surface area contributed by atoms with E-state index in [9.17, 15) is 0 Å². The summed E-state index contributed by atoms with van der Waals surface area (Å²) in [4.78, 5) is 4.65. The Labute approximate surface area is 303 Å². The van der Waals surface area contributed by atoms with Crippen LogP contribution in [0.25, 0.3) is 12.2 Å². The highest BCUT2D eigenvalue weighted by Gasteiger charge is 2.14. The first-order valence-electron chi connectivity index (χ1n) is 18.2. The molecule has 1 atom stereocenters.